The molecule has 2 aromatic rings. The Morgan fingerprint density at radius 2 is 2.12 bits per heavy atom. The Morgan fingerprint density at radius 1 is 1.29 bits per heavy atom. The van der Waals surface area contributed by atoms with Crippen molar-refractivity contribution in [3.63, 3.8) is 0 Å². The van der Waals surface area contributed by atoms with Gasteiger partial charge in [0.05, 0.1) is 11.6 Å². The lowest BCUT2D eigenvalue weighted by Crippen LogP contribution is -2.06. The van der Waals surface area contributed by atoms with Crippen molar-refractivity contribution in [2.75, 3.05) is 0 Å². The monoisotopic (exact) mass is 222 g/mol. The third kappa shape index (κ3) is 2.21. The largest absolute Gasteiger partial charge is 0.287 e. The van der Waals surface area contributed by atoms with E-state index in [-0.39, 0.29) is 5.78 Å². The van der Waals surface area contributed by atoms with Crippen LogP contribution in [-0.4, -0.2) is 10.8 Å². The number of rotatable bonds is 2. The average molecular weight is 222 g/mol. The molecule has 0 fully saturated rings. The third-order valence-electron chi connectivity index (χ3n) is 2.48. The second-order valence-corrected chi connectivity index (χ2v) is 3.69. The van der Waals surface area contributed by atoms with Gasteiger partial charge in [-0.05, 0) is 30.7 Å². The molecule has 0 amide bonds. The van der Waals surface area contributed by atoms with Gasteiger partial charge in [0.15, 0.2) is 0 Å². The van der Waals surface area contributed by atoms with Gasteiger partial charge >= 0.3 is 0 Å². The molecule has 2 rings (SSSR count). The summed E-state index contributed by atoms with van der Waals surface area (Å²) in [5.41, 5.74) is 2.23. The number of aryl methyl sites for hydroxylation is 1. The number of nitrogens with zero attached hydrogens (tertiary/aromatic N) is 2. The predicted octanol–water partition coefficient (Wildman–Crippen LogP) is 2.49. The Bertz CT molecular complexity index is 612. The molecule has 0 unspecified atom stereocenters. The van der Waals surface area contributed by atoms with Crippen LogP contribution in [0.1, 0.15) is 27.2 Å². The lowest BCUT2D eigenvalue weighted by Gasteiger charge is -2.03. The van der Waals surface area contributed by atoms with E-state index in [1.165, 1.54) is 0 Å². The normalized spacial score (nSPS) is 9.65. The van der Waals surface area contributed by atoms with Gasteiger partial charge in [-0.25, -0.2) is 0 Å². The molecule has 0 N–H and O–H groups in total. The highest BCUT2D eigenvalue weighted by Gasteiger charge is 2.12. The van der Waals surface area contributed by atoms with Gasteiger partial charge in [0.25, 0.3) is 0 Å². The Morgan fingerprint density at radius 3 is 2.82 bits per heavy atom. The van der Waals surface area contributed by atoms with Gasteiger partial charge in [0.2, 0.25) is 5.78 Å². The van der Waals surface area contributed by atoms with Crippen LogP contribution in [0.3, 0.4) is 0 Å². The molecular formula is C14H10N2O. The topological polar surface area (TPSA) is 53.8 Å². The van der Waals surface area contributed by atoms with E-state index in [4.69, 9.17) is 5.26 Å². The number of aromatic nitrogens is 1. The van der Waals surface area contributed by atoms with Crippen molar-refractivity contribution >= 4 is 5.78 Å². The number of hydrogen-bond donors (Lipinski definition) is 0. The number of hydrogen-bond acceptors (Lipinski definition) is 3. The van der Waals surface area contributed by atoms with Gasteiger partial charge in [-0.3, -0.25) is 9.78 Å². The van der Waals surface area contributed by atoms with E-state index in [1.54, 1.807) is 36.5 Å². The van der Waals surface area contributed by atoms with Crippen molar-refractivity contribution in [1.29, 1.82) is 5.26 Å². The van der Waals surface area contributed by atoms with Crippen LogP contribution in [0.2, 0.25) is 0 Å². The molecule has 1 aromatic carbocycles. The van der Waals surface area contributed by atoms with E-state index >= 15 is 0 Å². The molecule has 1 aromatic heterocycles. The number of carbonyl (C=O) groups excluding carboxylic acids is 1. The Kier molecular flexibility index (Phi) is 2.97. The zero-order valence-electron chi connectivity index (χ0n) is 9.34. The van der Waals surface area contributed by atoms with Crippen LogP contribution in [0.25, 0.3) is 0 Å². The summed E-state index contributed by atoms with van der Waals surface area (Å²) in [4.78, 5) is 16.2. The lowest BCUT2D eigenvalue weighted by molar-refractivity contribution is 0.103. The van der Waals surface area contributed by atoms with Crippen molar-refractivity contribution in [3.8, 4) is 6.07 Å². The molecule has 17 heavy (non-hydrogen) atoms. The van der Waals surface area contributed by atoms with Crippen LogP contribution in [-0.2, 0) is 0 Å². The molecule has 0 bridgehead atoms. The van der Waals surface area contributed by atoms with Crippen LogP contribution in [0.5, 0.6) is 0 Å². The van der Waals surface area contributed by atoms with E-state index in [0.717, 1.165) is 5.56 Å². The van der Waals surface area contributed by atoms with Crippen LogP contribution in [0.15, 0.2) is 42.6 Å². The molecule has 0 saturated carbocycles. The molecular weight excluding hydrogens is 212 g/mol. The lowest BCUT2D eigenvalue weighted by atomic mass is 10.0. The molecule has 0 aliphatic rings. The van der Waals surface area contributed by atoms with E-state index in [0.29, 0.717) is 16.8 Å². The molecule has 0 spiro atoms. The highest BCUT2D eigenvalue weighted by Crippen LogP contribution is 2.12. The molecule has 0 saturated heterocycles. The molecule has 82 valence electrons. The molecule has 3 nitrogen and oxygen atoms in total. The highest BCUT2D eigenvalue weighted by molar-refractivity contribution is 6.08. The van der Waals surface area contributed by atoms with Crippen molar-refractivity contribution in [1.82, 2.24) is 4.98 Å². The fourth-order valence-corrected chi connectivity index (χ4v) is 1.59. The zero-order chi connectivity index (χ0) is 12.3. The summed E-state index contributed by atoms with van der Waals surface area (Å²) in [6.45, 7) is 1.84. The summed E-state index contributed by atoms with van der Waals surface area (Å²) >= 11 is 0. The highest BCUT2D eigenvalue weighted by atomic mass is 16.1. The Hall–Kier alpha value is -2.47. The second-order valence-electron chi connectivity index (χ2n) is 3.69. The van der Waals surface area contributed by atoms with E-state index in [9.17, 15) is 4.79 Å². The molecule has 3 heteroatoms. The molecule has 1 heterocycles. The van der Waals surface area contributed by atoms with Gasteiger partial charge in [0, 0.05) is 11.8 Å². The molecule has 0 aliphatic carbocycles. The maximum atomic E-state index is 12.2. The van der Waals surface area contributed by atoms with Crippen molar-refractivity contribution in [3.05, 3.63) is 65.0 Å². The summed E-state index contributed by atoms with van der Waals surface area (Å²) in [5.74, 6) is -0.153. The smallest absolute Gasteiger partial charge is 0.211 e. The van der Waals surface area contributed by atoms with Gasteiger partial charge in [-0.1, -0.05) is 18.2 Å². The molecule has 0 radical (unpaired) electrons. The van der Waals surface area contributed by atoms with Crippen LogP contribution < -0.4 is 0 Å². The second kappa shape index (κ2) is 4.58. The number of pyridine rings is 1. The van der Waals surface area contributed by atoms with Gasteiger partial charge in [-0.15, -0.1) is 0 Å². The first kappa shape index (κ1) is 11.0. The number of ketones is 1. The SMILES string of the molecule is Cc1cccnc1C(=O)c1cccc(C#N)c1. The van der Waals surface area contributed by atoms with Crippen LogP contribution in [0.4, 0.5) is 0 Å². The first-order valence-corrected chi connectivity index (χ1v) is 5.19. The maximum absolute atomic E-state index is 12.2. The van der Waals surface area contributed by atoms with Gasteiger partial charge < -0.3 is 0 Å². The van der Waals surface area contributed by atoms with E-state index in [2.05, 4.69) is 4.98 Å². The number of nitriles is 1. The summed E-state index contributed by atoms with van der Waals surface area (Å²) in [5, 5.41) is 8.79. The minimum Gasteiger partial charge on any atom is -0.287 e. The summed E-state index contributed by atoms with van der Waals surface area (Å²) < 4.78 is 0. The standard InChI is InChI=1S/C14H10N2O/c1-10-4-3-7-16-13(10)14(17)12-6-2-5-11(8-12)9-15/h2-8H,1H3. The van der Waals surface area contributed by atoms with Crippen molar-refractivity contribution < 1.29 is 4.79 Å². The van der Waals surface area contributed by atoms with Crippen LogP contribution in [0, 0.1) is 18.3 Å². The van der Waals surface area contributed by atoms with Crippen LogP contribution >= 0.6 is 0 Å². The van der Waals surface area contributed by atoms with Crippen molar-refractivity contribution in [2.45, 2.75) is 6.92 Å². The van der Waals surface area contributed by atoms with E-state index in [1.807, 2.05) is 19.1 Å². The number of carbonyl (C=O) groups is 1. The Balaban J connectivity index is 2.45. The minimum atomic E-state index is -0.153. The summed E-state index contributed by atoms with van der Waals surface area (Å²) in [6, 6.07) is 12.3. The first-order valence-electron chi connectivity index (χ1n) is 5.19. The third-order valence-corrected chi connectivity index (χ3v) is 2.48. The Labute approximate surface area is 99.4 Å². The quantitative estimate of drug-likeness (QED) is 0.733. The fourth-order valence-electron chi connectivity index (χ4n) is 1.59. The molecule has 0 atom stereocenters. The van der Waals surface area contributed by atoms with Gasteiger partial charge in [0.1, 0.15) is 5.69 Å². The van der Waals surface area contributed by atoms with E-state index < -0.39 is 0 Å². The minimum absolute atomic E-state index is 0.153. The fraction of sp³-hybridized carbons (Fsp3) is 0.0714. The predicted molar refractivity (Wildman–Crippen MR) is 63.6 cm³/mol. The molecule has 0 aliphatic heterocycles. The average Bonchev–Trinajstić information content (AvgIpc) is 2.38. The maximum Gasteiger partial charge on any atom is 0.211 e. The van der Waals surface area contributed by atoms with Gasteiger partial charge in [-0.2, -0.15) is 5.26 Å². The number of benzene rings is 1. The first-order chi connectivity index (χ1) is 8.22. The van der Waals surface area contributed by atoms with Crippen molar-refractivity contribution in [2.24, 2.45) is 0 Å². The summed E-state index contributed by atoms with van der Waals surface area (Å²) in [6.07, 6.45) is 1.59. The summed E-state index contributed by atoms with van der Waals surface area (Å²) in [7, 11) is 0. The zero-order valence-corrected chi connectivity index (χ0v) is 9.34.